The molecule has 0 aliphatic heterocycles. The molecule has 3 aromatic rings. The largest absolute Gasteiger partial charge is 0.463 e. The number of esters is 1. The van der Waals surface area contributed by atoms with Gasteiger partial charge in [0.25, 0.3) is 0 Å². The molecule has 0 atom stereocenters. The van der Waals surface area contributed by atoms with Crippen LogP contribution in [0.15, 0.2) is 46.9 Å². The number of carbonyl (C=O) groups is 1. The number of fused-ring (bicyclic) bond motifs is 1. The van der Waals surface area contributed by atoms with Crippen molar-refractivity contribution in [2.24, 2.45) is 0 Å². The third-order valence-electron chi connectivity index (χ3n) is 3.73. The van der Waals surface area contributed by atoms with Gasteiger partial charge in [-0.3, -0.25) is 0 Å². The van der Waals surface area contributed by atoms with E-state index in [2.05, 4.69) is 39.0 Å². The molecule has 0 unspecified atom stereocenters. The predicted octanol–water partition coefficient (Wildman–Crippen LogP) is 5.76. The zero-order valence-electron chi connectivity index (χ0n) is 13.7. The molecule has 0 aliphatic carbocycles. The van der Waals surface area contributed by atoms with E-state index >= 15 is 0 Å². The van der Waals surface area contributed by atoms with Gasteiger partial charge in [-0.1, -0.05) is 63.2 Å². The van der Waals surface area contributed by atoms with Gasteiger partial charge < -0.3 is 9.15 Å². The average Bonchev–Trinajstić information content (AvgIpc) is 2.99. The van der Waals surface area contributed by atoms with Gasteiger partial charge in [0, 0.05) is 10.9 Å². The Labute approximate surface area is 137 Å². The molecular formula is C19H19O3P. The SMILES string of the molecule is COC(=O)c1oc(-c2cccc3ccccc23)pc1C(C)(C)C. The summed E-state index contributed by atoms with van der Waals surface area (Å²) in [4.78, 5) is 12.1. The lowest BCUT2D eigenvalue weighted by molar-refractivity contribution is 0.0562. The Hall–Kier alpha value is -2.12. The van der Waals surface area contributed by atoms with Gasteiger partial charge in [-0.25, -0.2) is 4.79 Å². The smallest absolute Gasteiger partial charge is 0.374 e. The van der Waals surface area contributed by atoms with Crippen molar-refractivity contribution >= 4 is 24.9 Å². The van der Waals surface area contributed by atoms with Crippen molar-refractivity contribution in [2.75, 3.05) is 7.11 Å². The van der Waals surface area contributed by atoms with Crippen LogP contribution in [0.3, 0.4) is 0 Å². The van der Waals surface area contributed by atoms with E-state index in [1.807, 2.05) is 24.3 Å². The van der Waals surface area contributed by atoms with Crippen LogP contribution in [0, 0.1) is 0 Å². The first-order valence-corrected chi connectivity index (χ1v) is 8.39. The number of hydrogen-bond donors (Lipinski definition) is 0. The highest BCUT2D eigenvalue weighted by Crippen LogP contribution is 2.44. The highest BCUT2D eigenvalue weighted by Gasteiger charge is 2.29. The van der Waals surface area contributed by atoms with Crippen molar-refractivity contribution in [2.45, 2.75) is 26.2 Å². The lowest BCUT2D eigenvalue weighted by Crippen LogP contribution is -2.14. The van der Waals surface area contributed by atoms with Gasteiger partial charge in [0.15, 0.2) is 5.49 Å². The molecule has 1 aromatic heterocycles. The Kier molecular flexibility index (Phi) is 3.99. The summed E-state index contributed by atoms with van der Waals surface area (Å²) < 4.78 is 10.8. The summed E-state index contributed by atoms with van der Waals surface area (Å²) in [5, 5.41) is 3.23. The normalized spacial score (nSPS) is 12.0. The molecule has 3 rings (SSSR count). The highest BCUT2D eigenvalue weighted by molar-refractivity contribution is 7.34. The first-order chi connectivity index (χ1) is 10.9. The summed E-state index contributed by atoms with van der Waals surface area (Å²) in [6.45, 7) is 6.23. The van der Waals surface area contributed by atoms with Gasteiger partial charge in [-0.05, 0) is 24.4 Å². The highest BCUT2D eigenvalue weighted by atomic mass is 31.0. The Bertz CT molecular complexity index is 866. The molecule has 4 heteroatoms. The summed E-state index contributed by atoms with van der Waals surface area (Å²) in [7, 11) is 2.30. The Morgan fingerprint density at radius 3 is 2.48 bits per heavy atom. The Morgan fingerprint density at radius 2 is 1.78 bits per heavy atom. The molecule has 0 saturated carbocycles. The third-order valence-corrected chi connectivity index (χ3v) is 5.36. The fourth-order valence-corrected chi connectivity index (χ4v) is 3.82. The van der Waals surface area contributed by atoms with Crippen molar-refractivity contribution in [3.63, 3.8) is 0 Å². The fourth-order valence-electron chi connectivity index (χ4n) is 2.59. The van der Waals surface area contributed by atoms with Crippen LogP contribution in [0.1, 0.15) is 36.6 Å². The van der Waals surface area contributed by atoms with E-state index < -0.39 is 5.97 Å². The van der Waals surface area contributed by atoms with E-state index in [0.29, 0.717) is 5.76 Å². The number of methoxy groups -OCH3 is 1. The summed E-state index contributed by atoms with van der Waals surface area (Å²) >= 11 is 0. The second-order valence-corrected chi connectivity index (χ2v) is 7.54. The van der Waals surface area contributed by atoms with E-state index in [1.54, 1.807) is 0 Å². The van der Waals surface area contributed by atoms with Gasteiger partial charge in [-0.2, -0.15) is 0 Å². The van der Waals surface area contributed by atoms with Crippen LogP contribution in [0.25, 0.3) is 21.8 Å². The van der Waals surface area contributed by atoms with Crippen molar-refractivity contribution in [3.8, 4) is 11.1 Å². The maximum atomic E-state index is 12.1. The van der Waals surface area contributed by atoms with Crippen LogP contribution >= 0.6 is 8.19 Å². The number of carbonyl (C=O) groups excluding carboxylic acids is 1. The number of rotatable bonds is 2. The van der Waals surface area contributed by atoms with Gasteiger partial charge in [0.05, 0.1) is 7.11 Å². The minimum atomic E-state index is -0.419. The summed E-state index contributed by atoms with van der Waals surface area (Å²) in [6.07, 6.45) is 0. The van der Waals surface area contributed by atoms with Gasteiger partial charge >= 0.3 is 5.97 Å². The quantitative estimate of drug-likeness (QED) is 0.562. The van der Waals surface area contributed by atoms with Crippen molar-refractivity contribution in [3.05, 3.63) is 53.5 Å². The van der Waals surface area contributed by atoms with Crippen LogP contribution in [-0.4, -0.2) is 13.1 Å². The first kappa shape index (κ1) is 15.8. The van der Waals surface area contributed by atoms with Crippen LogP contribution in [-0.2, 0) is 10.2 Å². The van der Waals surface area contributed by atoms with Gasteiger partial charge in [-0.15, -0.1) is 0 Å². The molecule has 2 aromatic carbocycles. The Balaban J connectivity index is 2.24. The molecule has 118 valence electrons. The molecule has 0 saturated heterocycles. The Morgan fingerprint density at radius 1 is 1.09 bits per heavy atom. The zero-order valence-corrected chi connectivity index (χ0v) is 14.6. The van der Waals surface area contributed by atoms with E-state index in [4.69, 9.17) is 9.15 Å². The number of benzene rings is 2. The lowest BCUT2D eigenvalue weighted by atomic mass is 9.93. The van der Waals surface area contributed by atoms with Crippen molar-refractivity contribution in [1.82, 2.24) is 0 Å². The molecule has 1 heterocycles. The third kappa shape index (κ3) is 2.89. The van der Waals surface area contributed by atoms with Gasteiger partial charge in [0.1, 0.15) is 0 Å². The van der Waals surface area contributed by atoms with Crippen LogP contribution in [0.2, 0.25) is 0 Å². The lowest BCUT2D eigenvalue weighted by Gasteiger charge is -2.16. The second kappa shape index (κ2) is 5.82. The van der Waals surface area contributed by atoms with Crippen LogP contribution in [0.4, 0.5) is 0 Å². The molecule has 0 aliphatic rings. The van der Waals surface area contributed by atoms with Crippen LogP contribution < -0.4 is 0 Å². The van der Waals surface area contributed by atoms with Crippen molar-refractivity contribution in [1.29, 1.82) is 0 Å². The van der Waals surface area contributed by atoms with Crippen LogP contribution in [0.5, 0.6) is 0 Å². The summed E-state index contributed by atoms with van der Waals surface area (Å²) in [5.41, 5.74) is 1.63. The molecule has 0 spiro atoms. The molecule has 23 heavy (non-hydrogen) atoms. The van der Waals surface area contributed by atoms with E-state index in [-0.39, 0.29) is 5.41 Å². The number of hydrogen-bond acceptors (Lipinski definition) is 3. The second-order valence-electron chi connectivity index (χ2n) is 6.47. The molecule has 0 N–H and O–H groups in total. The van der Waals surface area contributed by atoms with Crippen molar-refractivity contribution < 1.29 is 13.9 Å². The molecule has 0 bridgehead atoms. The minimum absolute atomic E-state index is 0.169. The molecule has 0 fully saturated rings. The summed E-state index contributed by atoms with van der Waals surface area (Å²) in [6, 6.07) is 14.3. The summed E-state index contributed by atoms with van der Waals surface area (Å²) in [5.74, 6) is -0.0951. The topological polar surface area (TPSA) is 39.4 Å². The monoisotopic (exact) mass is 326 g/mol. The maximum absolute atomic E-state index is 12.1. The van der Waals surface area contributed by atoms with E-state index in [9.17, 15) is 4.79 Å². The van der Waals surface area contributed by atoms with E-state index in [1.165, 1.54) is 7.11 Å². The molecule has 3 nitrogen and oxygen atoms in total. The minimum Gasteiger partial charge on any atom is -0.463 e. The molecule has 0 amide bonds. The van der Waals surface area contributed by atoms with Gasteiger partial charge in [0.2, 0.25) is 5.76 Å². The van der Waals surface area contributed by atoms with E-state index in [0.717, 1.165) is 35.3 Å². The zero-order chi connectivity index (χ0) is 16.6. The number of ether oxygens (including phenoxy) is 1. The molecular weight excluding hydrogens is 307 g/mol. The predicted molar refractivity (Wildman–Crippen MR) is 94.2 cm³/mol. The fraction of sp³-hybridized carbons (Fsp3) is 0.263. The average molecular weight is 326 g/mol. The first-order valence-electron chi connectivity index (χ1n) is 7.49. The standard InChI is InChI=1S/C19H19O3P/c1-19(2,3)16-15(17(20)21-4)22-18(23-16)14-11-7-9-12-8-5-6-10-13(12)14/h5-11H,1-4H3. The molecule has 0 radical (unpaired) electrons. The maximum Gasteiger partial charge on any atom is 0.374 e.